The second kappa shape index (κ2) is 5.13. The Morgan fingerprint density at radius 3 is 2.50 bits per heavy atom. The molecule has 2 fully saturated rings. The molecular weight excluding hydrogens is 172 g/mol. The van der Waals surface area contributed by atoms with Crippen LogP contribution in [-0.4, -0.2) is 37.6 Å². The first kappa shape index (κ1) is 10.4. The Balaban J connectivity index is 1.60. The fourth-order valence-corrected chi connectivity index (χ4v) is 3.05. The van der Waals surface area contributed by atoms with E-state index in [0.717, 1.165) is 11.8 Å². The summed E-state index contributed by atoms with van der Waals surface area (Å²) >= 11 is 0. The van der Waals surface area contributed by atoms with E-state index in [9.17, 15) is 0 Å². The lowest BCUT2D eigenvalue weighted by Gasteiger charge is -2.16. The molecular formula is C12H24N2. The Morgan fingerprint density at radius 2 is 1.86 bits per heavy atom. The van der Waals surface area contributed by atoms with E-state index in [1.807, 2.05) is 0 Å². The van der Waals surface area contributed by atoms with Gasteiger partial charge in [-0.3, -0.25) is 0 Å². The maximum Gasteiger partial charge on any atom is 0.0107 e. The number of fused-ring (bicyclic) bond motifs is 1. The van der Waals surface area contributed by atoms with Gasteiger partial charge in [-0.15, -0.1) is 0 Å². The van der Waals surface area contributed by atoms with E-state index in [1.54, 1.807) is 0 Å². The molecule has 14 heavy (non-hydrogen) atoms. The second-order valence-electron chi connectivity index (χ2n) is 4.96. The topological polar surface area (TPSA) is 15.3 Å². The lowest BCUT2D eigenvalue weighted by molar-refractivity contribution is 0.309. The number of nitrogens with one attached hydrogen (secondary N) is 1. The standard InChI is InChI=1S/C12H24N2/c1-2-6-13-7-8-14-9-11-4-3-5-12(11)10-14/h11-13H,2-10H2,1H3. The van der Waals surface area contributed by atoms with E-state index in [4.69, 9.17) is 0 Å². The molecule has 0 amide bonds. The molecule has 82 valence electrons. The summed E-state index contributed by atoms with van der Waals surface area (Å²) in [5.41, 5.74) is 0. The van der Waals surface area contributed by atoms with Crippen molar-refractivity contribution in [3.05, 3.63) is 0 Å². The zero-order valence-electron chi connectivity index (χ0n) is 9.47. The molecule has 2 aliphatic rings. The molecule has 0 spiro atoms. The van der Waals surface area contributed by atoms with Gasteiger partial charge in [0.15, 0.2) is 0 Å². The van der Waals surface area contributed by atoms with Crippen molar-refractivity contribution in [1.82, 2.24) is 10.2 Å². The van der Waals surface area contributed by atoms with E-state index < -0.39 is 0 Å². The Bertz CT molecular complexity index is 158. The van der Waals surface area contributed by atoms with Gasteiger partial charge in [-0.25, -0.2) is 0 Å². The summed E-state index contributed by atoms with van der Waals surface area (Å²) in [5, 5.41) is 3.49. The third-order valence-corrected chi connectivity index (χ3v) is 3.83. The molecule has 1 saturated carbocycles. The Morgan fingerprint density at radius 1 is 1.14 bits per heavy atom. The van der Waals surface area contributed by atoms with Gasteiger partial charge in [0.05, 0.1) is 0 Å². The predicted octanol–water partition coefficient (Wildman–Crippen LogP) is 1.72. The number of likely N-dealkylation sites (tertiary alicyclic amines) is 1. The first-order valence-corrected chi connectivity index (χ1v) is 6.33. The van der Waals surface area contributed by atoms with Crippen molar-refractivity contribution in [3.8, 4) is 0 Å². The average Bonchev–Trinajstić information content (AvgIpc) is 2.72. The van der Waals surface area contributed by atoms with Gasteiger partial charge in [0.1, 0.15) is 0 Å². The molecule has 2 unspecified atom stereocenters. The Labute approximate surface area is 88.1 Å². The summed E-state index contributed by atoms with van der Waals surface area (Å²) in [4.78, 5) is 2.66. The van der Waals surface area contributed by atoms with E-state index >= 15 is 0 Å². The van der Waals surface area contributed by atoms with Crippen LogP contribution in [0, 0.1) is 11.8 Å². The van der Waals surface area contributed by atoms with E-state index in [1.165, 1.54) is 58.4 Å². The number of hydrogen-bond donors (Lipinski definition) is 1. The molecule has 0 aromatic carbocycles. The lowest BCUT2D eigenvalue weighted by Crippen LogP contribution is -2.31. The SMILES string of the molecule is CCCNCCN1CC2CCCC2C1. The molecule has 2 heteroatoms. The summed E-state index contributed by atoms with van der Waals surface area (Å²) < 4.78 is 0. The van der Waals surface area contributed by atoms with Gasteiger partial charge in [-0.1, -0.05) is 13.3 Å². The van der Waals surface area contributed by atoms with Crippen LogP contribution in [-0.2, 0) is 0 Å². The predicted molar refractivity (Wildman–Crippen MR) is 60.4 cm³/mol. The van der Waals surface area contributed by atoms with E-state index in [-0.39, 0.29) is 0 Å². The highest BCUT2D eigenvalue weighted by atomic mass is 15.2. The molecule has 0 aromatic rings. The highest BCUT2D eigenvalue weighted by Crippen LogP contribution is 2.37. The van der Waals surface area contributed by atoms with E-state index in [0.29, 0.717) is 0 Å². The van der Waals surface area contributed by atoms with Crippen molar-refractivity contribution in [3.63, 3.8) is 0 Å². The minimum absolute atomic E-state index is 1.06. The molecule has 2 rings (SSSR count). The quantitative estimate of drug-likeness (QED) is 0.674. The van der Waals surface area contributed by atoms with Gasteiger partial charge in [-0.05, 0) is 37.6 Å². The fraction of sp³-hybridized carbons (Fsp3) is 1.00. The van der Waals surface area contributed by atoms with Gasteiger partial charge >= 0.3 is 0 Å². The van der Waals surface area contributed by atoms with Crippen molar-refractivity contribution in [1.29, 1.82) is 0 Å². The molecule has 2 nitrogen and oxygen atoms in total. The van der Waals surface area contributed by atoms with Crippen LogP contribution in [0.4, 0.5) is 0 Å². The monoisotopic (exact) mass is 196 g/mol. The van der Waals surface area contributed by atoms with Crippen LogP contribution in [0.3, 0.4) is 0 Å². The van der Waals surface area contributed by atoms with Gasteiger partial charge in [-0.2, -0.15) is 0 Å². The van der Waals surface area contributed by atoms with Crippen molar-refractivity contribution in [2.75, 3.05) is 32.7 Å². The largest absolute Gasteiger partial charge is 0.315 e. The van der Waals surface area contributed by atoms with E-state index in [2.05, 4.69) is 17.1 Å². The normalized spacial score (nSPS) is 32.4. The lowest BCUT2D eigenvalue weighted by atomic mass is 10.0. The molecule has 0 radical (unpaired) electrons. The Kier molecular flexibility index (Phi) is 3.82. The minimum Gasteiger partial charge on any atom is -0.315 e. The number of nitrogens with zero attached hydrogens (tertiary/aromatic N) is 1. The molecule has 1 aliphatic carbocycles. The van der Waals surface area contributed by atoms with Crippen molar-refractivity contribution in [2.45, 2.75) is 32.6 Å². The molecule has 1 aliphatic heterocycles. The highest BCUT2D eigenvalue weighted by molar-refractivity contribution is 4.88. The van der Waals surface area contributed by atoms with Crippen molar-refractivity contribution in [2.24, 2.45) is 11.8 Å². The highest BCUT2D eigenvalue weighted by Gasteiger charge is 2.35. The summed E-state index contributed by atoms with van der Waals surface area (Å²) in [6, 6.07) is 0. The van der Waals surface area contributed by atoms with Crippen LogP contribution in [0.15, 0.2) is 0 Å². The molecule has 1 heterocycles. The minimum atomic E-state index is 1.06. The summed E-state index contributed by atoms with van der Waals surface area (Å²) in [6.07, 6.45) is 5.76. The van der Waals surface area contributed by atoms with Crippen molar-refractivity contribution < 1.29 is 0 Å². The van der Waals surface area contributed by atoms with Crippen LogP contribution >= 0.6 is 0 Å². The summed E-state index contributed by atoms with van der Waals surface area (Å²) in [7, 11) is 0. The zero-order chi connectivity index (χ0) is 9.80. The van der Waals surface area contributed by atoms with Crippen LogP contribution < -0.4 is 5.32 Å². The fourth-order valence-electron chi connectivity index (χ4n) is 3.05. The van der Waals surface area contributed by atoms with Gasteiger partial charge < -0.3 is 10.2 Å². The third-order valence-electron chi connectivity index (χ3n) is 3.83. The third kappa shape index (κ3) is 2.48. The van der Waals surface area contributed by atoms with Crippen LogP contribution in [0.5, 0.6) is 0 Å². The van der Waals surface area contributed by atoms with Gasteiger partial charge in [0, 0.05) is 26.2 Å². The first-order chi connectivity index (χ1) is 6.90. The zero-order valence-corrected chi connectivity index (χ0v) is 9.47. The molecule has 0 aromatic heterocycles. The van der Waals surface area contributed by atoms with Gasteiger partial charge in [0.25, 0.3) is 0 Å². The van der Waals surface area contributed by atoms with Crippen LogP contribution in [0.25, 0.3) is 0 Å². The molecule has 0 bridgehead atoms. The molecule has 1 saturated heterocycles. The summed E-state index contributed by atoms with van der Waals surface area (Å²) in [5.74, 6) is 2.11. The average molecular weight is 196 g/mol. The van der Waals surface area contributed by atoms with Crippen LogP contribution in [0.1, 0.15) is 32.6 Å². The maximum atomic E-state index is 3.49. The number of rotatable bonds is 5. The van der Waals surface area contributed by atoms with Crippen molar-refractivity contribution >= 4 is 0 Å². The second-order valence-corrected chi connectivity index (χ2v) is 4.96. The Hall–Kier alpha value is -0.0800. The number of hydrogen-bond acceptors (Lipinski definition) is 2. The maximum absolute atomic E-state index is 3.49. The molecule has 2 atom stereocenters. The molecule has 1 N–H and O–H groups in total. The smallest absolute Gasteiger partial charge is 0.0107 e. The first-order valence-electron chi connectivity index (χ1n) is 6.33. The summed E-state index contributed by atoms with van der Waals surface area (Å²) in [6.45, 7) is 8.64. The van der Waals surface area contributed by atoms with Crippen LogP contribution in [0.2, 0.25) is 0 Å². The van der Waals surface area contributed by atoms with Gasteiger partial charge in [0.2, 0.25) is 0 Å².